The van der Waals surface area contributed by atoms with E-state index in [1.807, 2.05) is 31.2 Å². The van der Waals surface area contributed by atoms with Crippen LogP contribution in [0.3, 0.4) is 0 Å². The topological polar surface area (TPSA) is 52.6 Å². The first kappa shape index (κ1) is 15.0. The molecule has 1 aromatic rings. The molecule has 0 aromatic heterocycles. The Kier molecular flexibility index (Phi) is 5.56. The van der Waals surface area contributed by atoms with Gasteiger partial charge in [-0.2, -0.15) is 0 Å². The maximum atomic E-state index is 12.2. The summed E-state index contributed by atoms with van der Waals surface area (Å²) >= 11 is 0. The molecule has 0 aliphatic carbocycles. The van der Waals surface area contributed by atoms with E-state index in [4.69, 9.17) is 5.11 Å². The molecule has 1 aromatic carbocycles. The smallest absolute Gasteiger partial charge is 0.238 e. The van der Waals surface area contributed by atoms with Crippen molar-refractivity contribution in [3.8, 4) is 0 Å². The van der Waals surface area contributed by atoms with Crippen LogP contribution >= 0.6 is 0 Å². The number of carbonyl (C=O) groups is 1. The lowest BCUT2D eigenvalue weighted by atomic mass is 9.99. The molecule has 1 saturated heterocycles. The number of piperidine rings is 1. The summed E-state index contributed by atoms with van der Waals surface area (Å²) in [6.45, 7) is 3.55. The predicted octanol–water partition coefficient (Wildman–Crippen LogP) is 2.17. The Bertz CT molecular complexity index is 446. The Labute approximate surface area is 120 Å². The summed E-state index contributed by atoms with van der Waals surface area (Å²) in [7, 11) is 0. The number of aliphatic hydroxyl groups is 1. The summed E-state index contributed by atoms with van der Waals surface area (Å²) in [6, 6.07) is 8.15. The third-order valence-corrected chi connectivity index (χ3v) is 3.98. The van der Waals surface area contributed by atoms with E-state index in [9.17, 15) is 4.79 Å². The van der Waals surface area contributed by atoms with E-state index < -0.39 is 0 Å². The third kappa shape index (κ3) is 4.05. The first-order valence-electron chi connectivity index (χ1n) is 7.41. The number of likely N-dealkylation sites (tertiary alicyclic amines) is 1. The van der Waals surface area contributed by atoms with Crippen LogP contribution in [-0.4, -0.2) is 41.7 Å². The Morgan fingerprint density at radius 2 is 2.20 bits per heavy atom. The fourth-order valence-corrected chi connectivity index (χ4v) is 2.83. The van der Waals surface area contributed by atoms with E-state index in [1.54, 1.807) is 0 Å². The fraction of sp³-hybridized carbons (Fsp3) is 0.562. The second kappa shape index (κ2) is 7.41. The molecule has 0 radical (unpaired) electrons. The van der Waals surface area contributed by atoms with Crippen LogP contribution in [0.1, 0.15) is 31.2 Å². The number of hydrogen-bond donors (Lipinski definition) is 2. The van der Waals surface area contributed by atoms with Crippen molar-refractivity contribution >= 4 is 11.6 Å². The SMILES string of the molecule is Cc1ccccc1NC(=O)CN1CCCCC1CCO. The van der Waals surface area contributed by atoms with Crippen LogP contribution in [0.2, 0.25) is 0 Å². The number of rotatable bonds is 5. The van der Waals surface area contributed by atoms with Gasteiger partial charge in [-0.3, -0.25) is 9.69 Å². The van der Waals surface area contributed by atoms with Gasteiger partial charge in [-0.05, 0) is 44.4 Å². The van der Waals surface area contributed by atoms with E-state index in [-0.39, 0.29) is 12.5 Å². The molecule has 1 fully saturated rings. The zero-order chi connectivity index (χ0) is 14.4. The average Bonchev–Trinajstić information content (AvgIpc) is 2.44. The minimum atomic E-state index is 0.0316. The highest BCUT2D eigenvalue weighted by Gasteiger charge is 2.23. The first-order chi connectivity index (χ1) is 9.70. The predicted molar refractivity (Wildman–Crippen MR) is 80.7 cm³/mol. The number of carbonyl (C=O) groups excluding carboxylic acids is 1. The van der Waals surface area contributed by atoms with Crippen molar-refractivity contribution in [2.45, 2.75) is 38.6 Å². The molecule has 20 heavy (non-hydrogen) atoms. The molecule has 0 saturated carbocycles. The zero-order valence-electron chi connectivity index (χ0n) is 12.1. The van der Waals surface area contributed by atoms with Crippen molar-refractivity contribution in [3.05, 3.63) is 29.8 Å². The molecule has 110 valence electrons. The Balaban J connectivity index is 1.91. The van der Waals surface area contributed by atoms with Crippen LogP contribution in [0.5, 0.6) is 0 Å². The van der Waals surface area contributed by atoms with Gasteiger partial charge in [0.1, 0.15) is 0 Å². The van der Waals surface area contributed by atoms with Crippen molar-refractivity contribution in [1.29, 1.82) is 0 Å². The number of para-hydroxylation sites is 1. The summed E-state index contributed by atoms with van der Waals surface area (Å²) in [6.07, 6.45) is 4.18. The quantitative estimate of drug-likeness (QED) is 0.866. The van der Waals surface area contributed by atoms with Crippen LogP contribution in [0.4, 0.5) is 5.69 Å². The minimum Gasteiger partial charge on any atom is -0.396 e. The van der Waals surface area contributed by atoms with Crippen molar-refractivity contribution in [2.75, 3.05) is 25.0 Å². The van der Waals surface area contributed by atoms with Gasteiger partial charge in [0.25, 0.3) is 0 Å². The van der Waals surface area contributed by atoms with Gasteiger partial charge in [-0.1, -0.05) is 24.6 Å². The van der Waals surface area contributed by atoms with E-state index in [2.05, 4.69) is 10.2 Å². The van der Waals surface area contributed by atoms with E-state index >= 15 is 0 Å². The molecule has 1 heterocycles. The number of hydrogen-bond acceptors (Lipinski definition) is 3. The monoisotopic (exact) mass is 276 g/mol. The van der Waals surface area contributed by atoms with Crippen LogP contribution in [0.25, 0.3) is 0 Å². The Morgan fingerprint density at radius 3 is 2.95 bits per heavy atom. The second-order valence-corrected chi connectivity index (χ2v) is 5.50. The molecule has 0 bridgehead atoms. The summed E-state index contributed by atoms with van der Waals surface area (Å²) < 4.78 is 0. The number of nitrogens with one attached hydrogen (secondary N) is 1. The second-order valence-electron chi connectivity index (χ2n) is 5.50. The highest BCUT2D eigenvalue weighted by atomic mass is 16.3. The van der Waals surface area contributed by atoms with Crippen LogP contribution < -0.4 is 5.32 Å². The molecule has 4 nitrogen and oxygen atoms in total. The molecule has 1 aliphatic rings. The minimum absolute atomic E-state index is 0.0316. The van der Waals surface area contributed by atoms with Crippen molar-refractivity contribution in [3.63, 3.8) is 0 Å². The molecular weight excluding hydrogens is 252 g/mol. The molecular formula is C16H24N2O2. The van der Waals surface area contributed by atoms with Gasteiger partial charge >= 0.3 is 0 Å². The third-order valence-electron chi connectivity index (χ3n) is 3.98. The van der Waals surface area contributed by atoms with Gasteiger partial charge in [-0.15, -0.1) is 0 Å². The van der Waals surface area contributed by atoms with Gasteiger partial charge in [0, 0.05) is 18.3 Å². The van der Waals surface area contributed by atoms with Gasteiger partial charge < -0.3 is 10.4 Å². The lowest BCUT2D eigenvalue weighted by Crippen LogP contribution is -2.44. The first-order valence-corrected chi connectivity index (χ1v) is 7.41. The normalized spacial score (nSPS) is 19.8. The largest absolute Gasteiger partial charge is 0.396 e. The van der Waals surface area contributed by atoms with Crippen molar-refractivity contribution in [1.82, 2.24) is 4.90 Å². The van der Waals surface area contributed by atoms with Gasteiger partial charge in [0.05, 0.1) is 6.54 Å². The molecule has 2 rings (SSSR count). The van der Waals surface area contributed by atoms with Gasteiger partial charge in [0.2, 0.25) is 5.91 Å². The molecule has 1 aliphatic heterocycles. The molecule has 0 spiro atoms. The summed E-state index contributed by atoms with van der Waals surface area (Å²) in [5.74, 6) is 0.0316. The van der Waals surface area contributed by atoms with E-state index in [0.717, 1.165) is 37.1 Å². The number of nitrogens with zero attached hydrogens (tertiary/aromatic N) is 1. The van der Waals surface area contributed by atoms with Gasteiger partial charge in [0.15, 0.2) is 0 Å². The highest BCUT2D eigenvalue weighted by Crippen LogP contribution is 2.19. The van der Waals surface area contributed by atoms with E-state index in [0.29, 0.717) is 12.6 Å². The maximum absolute atomic E-state index is 12.2. The standard InChI is InChI=1S/C16H24N2O2/c1-13-6-2-3-8-15(13)17-16(20)12-18-10-5-4-7-14(18)9-11-19/h2-3,6,8,14,19H,4-5,7,9-12H2,1H3,(H,17,20). The number of aryl methyl sites for hydroxylation is 1. The number of amides is 1. The fourth-order valence-electron chi connectivity index (χ4n) is 2.83. The van der Waals surface area contributed by atoms with Crippen LogP contribution in [0, 0.1) is 6.92 Å². The number of benzene rings is 1. The Morgan fingerprint density at radius 1 is 1.40 bits per heavy atom. The van der Waals surface area contributed by atoms with Crippen LogP contribution in [-0.2, 0) is 4.79 Å². The average molecular weight is 276 g/mol. The highest BCUT2D eigenvalue weighted by molar-refractivity contribution is 5.92. The van der Waals surface area contributed by atoms with E-state index in [1.165, 1.54) is 6.42 Å². The summed E-state index contributed by atoms with van der Waals surface area (Å²) in [5, 5.41) is 12.1. The summed E-state index contributed by atoms with van der Waals surface area (Å²) in [4.78, 5) is 14.4. The van der Waals surface area contributed by atoms with Crippen molar-refractivity contribution < 1.29 is 9.90 Å². The zero-order valence-corrected chi connectivity index (χ0v) is 12.1. The van der Waals surface area contributed by atoms with Crippen molar-refractivity contribution in [2.24, 2.45) is 0 Å². The summed E-state index contributed by atoms with van der Waals surface area (Å²) in [5.41, 5.74) is 1.96. The van der Waals surface area contributed by atoms with Gasteiger partial charge in [-0.25, -0.2) is 0 Å². The maximum Gasteiger partial charge on any atom is 0.238 e. The molecule has 1 unspecified atom stereocenters. The van der Waals surface area contributed by atoms with Crippen LogP contribution in [0.15, 0.2) is 24.3 Å². The molecule has 4 heteroatoms. The molecule has 1 amide bonds. The Hall–Kier alpha value is -1.39. The lowest BCUT2D eigenvalue weighted by Gasteiger charge is -2.34. The number of aliphatic hydroxyl groups excluding tert-OH is 1. The molecule has 2 N–H and O–H groups in total. The molecule has 1 atom stereocenters. The number of anilines is 1. The lowest BCUT2D eigenvalue weighted by molar-refractivity contribution is -0.118.